The van der Waals surface area contributed by atoms with Crippen molar-refractivity contribution in [2.24, 2.45) is 5.92 Å². The Kier molecular flexibility index (Phi) is 3.56. The lowest BCUT2D eigenvalue weighted by Crippen LogP contribution is -2.11. The summed E-state index contributed by atoms with van der Waals surface area (Å²) in [6.45, 7) is 5.07. The maximum Gasteiger partial charge on any atom is 0.180 e. The first kappa shape index (κ1) is 13.5. The van der Waals surface area contributed by atoms with Gasteiger partial charge in [-0.1, -0.05) is 26.0 Å². The third-order valence-electron chi connectivity index (χ3n) is 3.26. The fraction of sp³-hybridized carbons (Fsp3) is 0.250. The monoisotopic (exact) mass is 284 g/mol. The number of fused-ring (bicyclic) bond motifs is 1. The van der Waals surface area contributed by atoms with E-state index in [9.17, 15) is 4.39 Å². The molecule has 2 heterocycles. The van der Waals surface area contributed by atoms with Crippen molar-refractivity contribution >= 4 is 11.5 Å². The summed E-state index contributed by atoms with van der Waals surface area (Å²) >= 11 is 0. The number of nitrogens with zero attached hydrogens (tertiary/aromatic N) is 3. The van der Waals surface area contributed by atoms with Crippen LogP contribution >= 0.6 is 0 Å². The lowest BCUT2D eigenvalue weighted by atomic mass is 10.1. The van der Waals surface area contributed by atoms with E-state index in [1.807, 2.05) is 16.7 Å². The summed E-state index contributed by atoms with van der Waals surface area (Å²) in [7, 11) is 0. The Morgan fingerprint density at radius 3 is 2.81 bits per heavy atom. The molecule has 0 saturated heterocycles. The molecule has 0 aliphatic carbocycles. The molecule has 2 aromatic heterocycles. The lowest BCUT2D eigenvalue weighted by molar-refractivity contribution is 0.630. The zero-order chi connectivity index (χ0) is 14.8. The molecule has 3 aromatic rings. The van der Waals surface area contributed by atoms with Crippen LogP contribution in [0.4, 0.5) is 10.2 Å². The van der Waals surface area contributed by atoms with Gasteiger partial charge in [-0.15, -0.1) is 0 Å². The number of halogens is 1. The molecule has 3 rings (SSSR count). The van der Waals surface area contributed by atoms with Crippen LogP contribution in [0.25, 0.3) is 16.9 Å². The van der Waals surface area contributed by atoms with Crippen molar-refractivity contribution in [3.63, 3.8) is 0 Å². The Bertz CT molecular complexity index is 764. The van der Waals surface area contributed by atoms with Crippen LogP contribution in [0, 0.1) is 11.7 Å². The number of rotatable bonds is 4. The average Bonchev–Trinajstić information content (AvgIpc) is 2.95. The van der Waals surface area contributed by atoms with Crippen LogP contribution in [0.1, 0.15) is 13.8 Å². The highest BCUT2D eigenvalue weighted by atomic mass is 19.1. The molecule has 0 unspecified atom stereocenters. The van der Waals surface area contributed by atoms with Crippen LogP contribution in [-0.4, -0.2) is 20.9 Å². The molecule has 0 bridgehead atoms. The van der Waals surface area contributed by atoms with Crippen molar-refractivity contribution in [3.8, 4) is 11.3 Å². The van der Waals surface area contributed by atoms with Gasteiger partial charge in [-0.05, 0) is 18.1 Å². The van der Waals surface area contributed by atoms with Crippen molar-refractivity contribution in [1.82, 2.24) is 14.4 Å². The highest BCUT2D eigenvalue weighted by Crippen LogP contribution is 2.25. The molecule has 0 radical (unpaired) electrons. The fourth-order valence-electron chi connectivity index (χ4n) is 2.21. The second kappa shape index (κ2) is 5.52. The van der Waals surface area contributed by atoms with Crippen molar-refractivity contribution in [2.45, 2.75) is 13.8 Å². The maximum atomic E-state index is 14.0. The summed E-state index contributed by atoms with van der Waals surface area (Å²) in [5.74, 6) is 0.957. The van der Waals surface area contributed by atoms with Gasteiger partial charge in [0.1, 0.15) is 5.82 Å². The van der Waals surface area contributed by atoms with E-state index < -0.39 is 0 Å². The van der Waals surface area contributed by atoms with Crippen LogP contribution in [0.15, 0.2) is 42.9 Å². The third-order valence-corrected chi connectivity index (χ3v) is 3.26. The van der Waals surface area contributed by atoms with E-state index in [0.29, 0.717) is 28.6 Å². The summed E-state index contributed by atoms with van der Waals surface area (Å²) in [4.78, 5) is 8.74. The minimum Gasteiger partial charge on any atom is -0.367 e. The molecule has 1 N–H and O–H groups in total. The molecule has 0 saturated carbocycles. The number of aromatic nitrogens is 3. The molecule has 0 amide bonds. The number of nitrogens with one attached hydrogen (secondary N) is 1. The van der Waals surface area contributed by atoms with E-state index >= 15 is 0 Å². The minimum atomic E-state index is -0.266. The molecule has 0 spiro atoms. The minimum absolute atomic E-state index is 0.266. The summed E-state index contributed by atoms with van der Waals surface area (Å²) in [6.07, 6.45) is 5.19. The van der Waals surface area contributed by atoms with E-state index in [4.69, 9.17) is 0 Å². The van der Waals surface area contributed by atoms with E-state index in [0.717, 1.165) is 6.54 Å². The van der Waals surface area contributed by atoms with Crippen molar-refractivity contribution in [3.05, 3.63) is 48.7 Å². The zero-order valence-corrected chi connectivity index (χ0v) is 12.0. The van der Waals surface area contributed by atoms with Crippen molar-refractivity contribution in [1.29, 1.82) is 0 Å². The SMILES string of the molecule is CC(C)CNc1ncc(-c2ccccc2F)n2ccnc12. The van der Waals surface area contributed by atoms with Gasteiger partial charge < -0.3 is 5.32 Å². The van der Waals surface area contributed by atoms with Crippen LogP contribution < -0.4 is 5.32 Å². The molecule has 0 aliphatic heterocycles. The number of imidazole rings is 1. The topological polar surface area (TPSA) is 42.2 Å². The molecular formula is C16H17FN4. The first-order chi connectivity index (χ1) is 10.2. The Morgan fingerprint density at radius 1 is 1.24 bits per heavy atom. The van der Waals surface area contributed by atoms with Gasteiger partial charge >= 0.3 is 0 Å². The van der Waals surface area contributed by atoms with Gasteiger partial charge in [0, 0.05) is 24.5 Å². The number of benzene rings is 1. The quantitative estimate of drug-likeness (QED) is 0.796. The predicted molar refractivity (Wildman–Crippen MR) is 81.7 cm³/mol. The van der Waals surface area contributed by atoms with E-state index in [1.54, 1.807) is 24.5 Å². The number of hydrogen-bond acceptors (Lipinski definition) is 3. The van der Waals surface area contributed by atoms with Gasteiger partial charge in [0.15, 0.2) is 11.5 Å². The van der Waals surface area contributed by atoms with Crippen LogP contribution in [0.2, 0.25) is 0 Å². The molecule has 0 aliphatic rings. The Morgan fingerprint density at radius 2 is 2.05 bits per heavy atom. The molecule has 0 atom stereocenters. The fourth-order valence-corrected chi connectivity index (χ4v) is 2.21. The Balaban J connectivity index is 2.09. The highest BCUT2D eigenvalue weighted by Gasteiger charge is 2.12. The molecule has 5 heteroatoms. The van der Waals surface area contributed by atoms with Crippen LogP contribution in [0.5, 0.6) is 0 Å². The predicted octanol–water partition coefficient (Wildman–Crippen LogP) is 3.60. The molecule has 108 valence electrons. The second-order valence-electron chi connectivity index (χ2n) is 5.37. The van der Waals surface area contributed by atoms with E-state index in [2.05, 4.69) is 29.1 Å². The highest BCUT2D eigenvalue weighted by molar-refractivity contribution is 5.70. The molecule has 0 fully saturated rings. The first-order valence-corrected chi connectivity index (χ1v) is 6.97. The summed E-state index contributed by atoms with van der Waals surface area (Å²) in [6, 6.07) is 6.68. The van der Waals surface area contributed by atoms with Crippen LogP contribution in [0.3, 0.4) is 0 Å². The smallest absolute Gasteiger partial charge is 0.180 e. The van der Waals surface area contributed by atoms with E-state index in [1.165, 1.54) is 6.07 Å². The summed E-state index contributed by atoms with van der Waals surface area (Å²) < 4.78 is 15.8. The third kappa shape index (κ3) is 2.59. The summed E-state index contributed by atoms with van der Waals surface area (Å²) in [5.41, 5.74) is 1.91. The number of hydrogen-bond donors (Lipinski definition) is 1. The second-order valence-corrected chi connectivity index (χ2v) is 5.37. The standard InChI is InChI=1S/C16H17FN4/c1-11(2)9-19-15-16-18-7-8-21(16)14(10-20-15)12-5-3-4-6-13(12)17/h3-8,10-11H,9H2,1-2H3,(H,19,20). The normalized spacial score (nSPS) is 11.2. The Hall–Kier alpha value is -2.43. The van der Waals surface area contributed by atoms with Gasteiger partial charge in [0.2, 0.25) is 0 Å². The largest absolute Gasteiger partial charge is 0.367 e. The van der Waals surface area contributed by atoms with Crippen molar-refractivity contribution < 1.29 is 4.39 Å². The summed E-state index contributed by atoms with van der Waals surface area (Å²) in [5, 5.41) is 3.28. The molecule has 21 heavy (non-hydrogen) atoms. The van der Waals surface area contributed by atoms with Crippen molar-refractivity contribution in [2.75, 3.05) is 11.9 Å². The van der Waals surface area contributed by atoms with Gasteiger partial charge in [-0.25, -0.2) is 14.4 Å². The molecular weight excluding hydrogens is 267 g/mol. The van der Waals surface area contributed by atoms with Gasteiger partial charge in [-0.2, -0.15) is 0 Å². The van der Waals surface area contributed by atoms with Crippen LogP contribution in [-0.2, 0) is 0 Å². The molecule has 4 nitrogen and oxygen atoms in total. The average molecular weight is 284 g/mol. The zero-order valence-electron chi connectivity index (χ0n) is 12.0. The van der Waals surface area contributed by atoms with Gasteiger partial charge in [-0.3, -0.25) is 4.40 Å². The molecule has 1 aromatic carbocycles. The lowest BCUT2D eigenvalue weighted by Gasteiger charge is -2.12. The van der Waals surface area contributed by atoms with Gasteiger partial charge in [0.25, 0.3) is 0 Å². The number of anilines is 1. The Labute approximate surface area is 122 Å². The first-order valence-electron chi connectivity index (χ1n) is 6.97. The van der Waals surface area contributed by atoms with E-state index in [-0.39, 0.29) is 5.82 Å². The van der Waals surface area contributed by atoms with Gasteiger partial charge in [0.05, 0.1) is 11.9 Å². The maximum absolute atomic E-state index is 14.0.